The van der Waals surface area contributed by atoms with Crippen molar-refractivity contribution in [1.29, 1.82) is 5.26 Å². The standard InChI is InChI=1S/C10H5ClF3NO2/c1-5(16)9-6(4-15)2-7(3-8(9)11)17-10(12,13)14/h2-3H,1H3. The molecule has 0 aliphatic rings. The molecule has 0 aromatic heterocycles. The van der Waals surface area contributed by atoms with Crippen LogP contribution in [0.1, 0.15) is 22.8 Å². The van der Waals surface area contributed by atoms with Gasteiger partial charge in [-0.2, -0.15) is 5.26 Å². The minimum Gasteiger partial charge on any atom is -0.406 e. The minimum absolute atomic E-state index is 0.122. The van der Waals surface area contributed by atoms with Gasteiger partial charge >= 0.3 is 6.36 Å². The van der Waals surface area contributed by atoms with Crippen molar-refractivity contribution in [1.82, 2.24) is 0 Å². The topological polar surface area (TPSA) is 50.1 Å². The molecule has 0 radical (unpaired) electrons. The Morgan fingerprint density at radius 2 is 2.06 bits per heavy atom. The summed E-state index contributed by atoms with van der Waals surface area (Å²) in [4.78, 5) is 11.1. The molecule has 0 saturated carbocycles. The van der Waals surface area contributed by atoms with Crippen LogP contribution in [0.2, 0.25) is 5.02 Å². The number of halogens is 4. The number of carbonyl (C=O) groups excluding carboxylic acids is 1. The lowest BCUT2D eigenvalue weighted by Gasteiger charge is -2.11. The zero-order chi connectivity index (χ0) is 13.2. The summed E-state index contributed by atoms with van der Waals surface area (Å²) >= 11 is 5.62. The molecule has 0 heterocycles. The Bertz CT molecular complexity index is 505. The van der Waals surface area contributed by atoms with E-state index in [9.17, 15) is 18.0 Å². The number of ether oxygens (including phenoxy) is 1. The Morgan fingerprint density at radius 3 is 2.47 bits per heavy atom. The fourth-order valence-electron chi connectivity index (χ4n) is 1.22. The summed E-state index contributed by atoms with van der Waals surface area (Å²) in [5.74, 6) is -1.14. The van der Waals surface area contributed by atoms with E-state index in [1.165, 1.54) is 0 Å². The molecule has 0 saturated heterocycles. The number of hydrogen-bond donors (Lipinski definition) is 0. The second kappa shape index (κ2) is 4.63. The van der Waals surface area contributed by atoms with Gasteiger partial charge in [0, 0.05) is 0 Å². The van der Waals surface area contributed by atoms with Crippen LogP contribution in [0.3, 0.4) is 0 Å². The molecule has 0 unspecified atom stereocenters. The summed E-state index contributed by atoms with van der Waals surface area (Å²) in [6.45, 7) is 1.16. The van der Waals surface area contributed by atoms with E-state index in [0.717, 1.165) is 19.1 Å². The van der Waals surface area contributed by atoms with Crippen LogP contribution in [0.15, 0.2) is 12.1 Å². The number of rotatable bonds is 2. The largest absolute Gasteiger partial charge is 0.573 e. The molecule has 0 N–H and O–H groups in total. The summed E-state index contributed by atoms with van der Waals surface area (Å²) in [6.07, 6.45) is -4.88. The maximum Gasteiger partial charge on any atom is 0.573 e. The van der Waals surface area contributed by atoms with E-state index in [1.807, 2.05) is 0 Å². The van der Waals surface area contributed by atoms with E-state index in [4.69, 9.17) is 16.9 Å². The highest BCUT2D eigenvalue weighted by Crippen LogP contribution is 2.30. The molecule has 1 aromatic carbocycles. The molecular formula is C10H5ClF3NO2. The Hall–Kier alpha value is -1.74. The van der Waals surface area contributed by atoms with Crippen molar-refractivity contribution in [2.24, 2.45) is 0 Å². The molecule has 1 aromatic rings. The summed E-state index contributed by atoms with van der Waals surface area (Å²) in [6, 6.07) is 3.25. The molecule has 0 amide bonds. The van der Waals surface area contributed by atoms with Gasteiger partial charge in [-0.05, 0) is 19.1 Å². The normalized spacial score (nSPS) is 10.8. The molecule has 0 bridgehead atoms. The van der Waals surface area contributed by atoms with Gasteiger partial charge in [0.05, 0.1) is 16.1 Å². The van der Waals surface area contributed by atoms with Crippen LogP contribution in [-0.4, -0.2) is 12.1 Å². The maximum absolute atomic E-state index is 12.0. The average Bonchev–Trinajstić information content (AvgIpc) is 2.12. The lowest BCUT2D eigenvalue weighted by Crippen LogP contribution is -2.17. The zero-order valence-electron chi connectivity index (χ0n) is 8.43. The van der Waals surface area contributed by atoms with Gasteiger partial charge in [0.2, 0.25) is 0 Å². The van der Waals surface area contributed by atoms with E-state index >= 15 is 0 Å². The lowest BCUT2D eigenvalue weighted by atomic mass is 10.0. The van der Waals surface area contributed by atoms with Gasteiger partial charge in [0.15, 0.2) is 5.78 Å². The Morgan fingerprint density at radius 1 is 1.47 bits per heavy atom. The van der Waals surface area contributed by atoms with E-state index < -0.39 is 17.9 Å². The number of ketones is 1. The number of alkyl halides is 3. The third kappa shape index (κ3) is 3.36. The first-order valence-electron chi connectivity index (χ1n) is 4.25. The second-order valence-corrected chi connectivity index (χ2v) is 3.45. The first-order valence-corrected chi connectivity index (χ1v) is 4.62. The third-order valence-corrected chi connectivity index (χ3v) is 2.07. The number of nitriles is 1. The van der Waals surface area contributed by atoms with Crippen LogP contribution in [0.4, 0.5) is 13.2 Å². The smallest absolute Gasteiger partial charge is 0.406 e. The molecular weight excluding hydrogens is 259 g/mol. The summed E-state index contributed by atoms with van der Waals surface area (Å²) in [7, 11) is 0. The lowest BCUT2D eigenvalue weighted by molar-refractivity contribution is -0.274. The Kier molecular flexibility index (Phi) is 3.63. The summed E-state index contributed by atoms with van der Waals surface area (Å²) in [5.41, 5.74) is -0.382. The predicted octanol–water partition coefficient (Wildman–Crippen LogP) is 3.31. The Balaban J connectivity index is 3.29. The van der Waals surface area contributed by atoms with Gasteiger partial charge in [-0.25, -0.2) is 0 Å². The maximum atomic E-state index is 12.0. The molecule has 1 rings (SSSR count). The first-order chi connectivity index (χ1) is 7.74. The number of Topliss-reactive ketones (excluding diaryl/α,β-unsaturated/α-hetero) is 1. The van der Waals surface area contributed by atoms with Crippen LogP contribution >= 0.6 is 11.6 Å². The van der Waals surface area contributed by atoms with Crippen molar-refractivity contribution in [3.63, 3.8) is 0 Å². The molecule has 0 aliphatic carbocycles. The summed E-state index contributed by atoms with van der Waals surface area (Å²) in [5, 5.41) is 8.46. The van der Waals surface area contributed by atoms with Crippen LogP contribution < -0.4 is 4.74 Å². The van der Waals surface area contributed by atoms with E-state index in [0.29, 0.717) is 0 Å². The highest BCUT2D eigenvalue weighted by Gasteiger charge is 2.31. The predicted molar refractivity (Wildman–Crippen MR) is 52.9 cm³/mol. The Labute approximate surface area is 99.4 Å². The SMILES string of the molecule is CC(=O)c1c(Cl)cc(OC(F)(F)F)cc1C#N. The van der Waals surface area contributed by atoms with E-state index in [2.05, 4.69) is 4.74 Å². The van der Waals surface area contributed by atoms with Gasteiger partial charge in [0.25, 0.3) is 0 Å². The molecule has 0 aliphatic heterocycles. The van der Waals surface area contributed by atoms with Gasteiger partial charge in [-0.1, -0.05) is 11.6 Å². The van der Waals surface area contributed by atoms with Crippen molar-refractivity contribution in [3.8, 4) is 11.8 Å². The van der Waals surface area contributed by atoms with Crippen molar-refractivity contribution in [3.05, 3.63) is 28.3 Å². The van der Waals surface area contributed by atoms with Crippen LogP contribution in [0.5, 0.6) is 5.75 Å². The van der Waals surface area contributed by atoms with Gasteiger partial charge in [0.1, 0.15) is 11.8 Å². The van der Waals surface area contributed by atoms with E-state index in [1.54, 1.807) is 6.07 Å². The minimum atomic E-state index is -4.88. The average molecular weight is 264 g/mol. The molecule has 17 heavy (non-hydrogen) atoms. The van der Waals surface area contributed by atoms with Crippen LogP contribution in [0.25, 0.3) is 0 Å². The molecule has 0 spiro atoms. The van der Waals surface area contributed by atoms with Crippen LogP contribution in [-0.2, 0) is 0 Å². The number of nitrogens with zero attached hydrogens (tertiary/aromatic N) is 1. The highest BCUT2D eigenvalue weighted by molar-refractivity contribution is 6.34. The van der Waals surface area contributed by atoms with E-state index in [-0.39, 0.29) is 16.1 Å². The summed E-state index contributed by atoms with van der Waals surface area (Å²) < 4.78 is 39.5. The molecule has 3 nitrogen and oxygen atoms in total. The molecule has 7 heteroatoms. The fourth-order valence-corrected chi connectivity index (χ4v) is 1.56. The monoisotopic (exact) mass is 263 g/mol. The van der Waals surface area contributed by atoms with Gasteiger partial charge in [-0.3, -0.25) is 4.79 Å². The number of hydrogen-bond acceptors (Lipinski definition) is 3. The quantitative estimate of drug-likeness (QED) is 0.769. The first kappa shape index (κ1) is 13.3. The van der Waals surface area contributed by atoms with Gasteiger partial charge in [-0.15, -0.1) is 13.2 Å². The molecule has 0 atom stereocenters. The van der Waals surface area contributed by atoms with Crippen molar-refractivity contribution in [2.75, 3.05) is 0 Å². The fraction of sp³-hybridized carbons (Fsp3) is 0.200. The van der Waals surface area contributed by atoms with Gasteiger partial charge < -0.3 is 4.74 Å². The van der Waals surface area contributed by atoms with Crippen molar-refractivity contribution >= 4 is 17.4 Å². The zero-order valence-corrected chi connectivity index (χ0v) is 9.19. The third-order valence-electron chi connectivity index (χ3n) is 1.77. The van der Waals surface area contributed by atoms with Crippen LogP contribution in [0, 0.1) is 11.3 Å². The number of carbonyl (C=O) groups is 1. The van der Waals surface area contributed by atoms with Crippen molar-refractivity contribution in [2.45, 2.75) is 13.3 Å². The number of benzene rings is 1. The van der Waals surface area contributed by atoms with Crippen molar-refractivity contribution < 1.29 is 22.7 Å². The molecule has 90 valence electrons. The second-order valence-electron chi connectivity index (χ2n) is 3.04. The molecule has 0 fully saturated rings. The highest BCUT2D eigenvalue weighted by atomic mass is 35.5.